The lowest BCUT2D eigenvalue weighted by Gasteiger charge is -2.47. The Kier molecular flexibility index (Phi) is 6.78. The number of methoxy groups -OCH3 is 2. The van der Waals surface area contributed by atoms with Crippen molar-refractivity contribution in [3.8, 4) is 17.2 Å². The SMILES string of the molecule is COc1ccc(CC[N+]2([O-])CCOC(COc3cccc(C)c3)C2)cc1OC. The zero-order valence-corrected chi connectivity index (χ0v) is 16.8. The first-order valence-corrected chi connectivity index (χ1v) is 9.60. The molecule has 1 saturated heterocycles. The number of ether oxygens (including phenoxy) is 4. The maximum absolute atomic E-state index is 13.2. The standard InChI is InChI=1S/C22H29NO5/c1-17-5-4-6-19(13-17)28-16-20-15-23(24,11-12-27-20)10-9-18-7-8-21(25-2)22(14-18)26-3/h4-8,13-14,20H,9-12,15-16H2,1-3H3. The first kappa shape index (κ1) is 20.5. The van der Waals surface area contributed by atoms with Crippen LogP contribution < -0.4 is 14.2 Å². The van der Waals surface area contributed by atoms with Crippen LogP contribution in [0, 0.1) is 12.1 Å². The number of benzene rings is 2. The Labute approximate surface area is 166 Å². The monoisotopic (exact) mass is 387 g/mol. The van der Waals surface area contributed by atoms with Crippen LogP contribution >= 0.6 is 0 Å². The molecule has 1 aliphatic rings. The van der Waals surface area contributed by atoms with Gasteiger partial charge in [-0.1, -0.05) is 18.2 Å². The summed E-state index contributed by atoms with van der Waals surface area (Å²) in [5.74, 6) is 2.18. The second kappa shape index (κ2) is 9.28. The second-order valence-electron chi connectivity index (χ2n) is 7.25. The van der Waals surface area contributed by atoms with Crippen LogP contribution in [0.25, 0.3) is 0 Å². The van der Waals surface area contributed by atoms with Crippen LogP contribution in [0.3, 0.4) is 0 Å². The minimum absolute atomic E-state index is 0.197. The highest BCUT2D eigenvalue weighted by molar-refractivity contribution is 5.42. The Balaban J connectivity index is 1.55. The zero-order valence-electron chi connectivity index (χ0n) is 16.8. The van der Waals surface area contributed by atoms with Crippen molar-refractivity contribution in [1.29, 1.82) is 0 Å². The first-order chi connectivity index (χ1) is 13.5. The summed E-state index contributed by atoms with van der Waals surface area (Å²) >= 11 is 0. The van der Waals surface area contributed by atoms with Crippen LogP contribution in [-0.4, -0.2) is 57.8 Å². The van der Waals surface area contributed by atoms with E-state index >= 15 is 0 Å². The highest BCUT2D eigenvalue weighted by Gasteiger charge is 2.29. The van der Waals surface area contributed by atoms with Gasteiger partial charge in [0.25, 0.3) is 0 Å². The maximum Gasteiger partial charge on any atom is 0.160 e. The van der Waals surface area contributed by atoms with Crippen molar-refractivity contribution in [1.82, 2.24) is 0 Å². The van der Waals surface area contributed by atoms with E-state index in [4.69, 9.17) is 18.9 Å². The molecular formula is C22H29NO5. The molecule has 1 heterocycles. The van der Waals surface area contributed by atoms with Gasteiger partial charge in [-0.15, -0.1) is 0 Å². The van der Waals surface area contributed by atoms with Gasteiger partial charge in [-0.05, 0) is 42.3 Å². The molecule has 0 aromatic heterocycles. The fraction of sp³-hybridized carbons (Fsp3) is 0.455. The molecule has 6 nitrogen and oxygen atoms in total. The molecule has 0 N–H and O–H groups in total. The average molecular weight is 387 g/mol. The lowest BCUT2D eigenvalue weighted by molar-refractivity contribution is -0.892. The highest BCUT2D eigenvalue weighted by Crippen LogP contribution is 2.28. The summed E-state index contributed by atoms with van der Waals surface area (Å²) in [6, 6.07) is 13.7. The van der Waals surface area contributed by atoms with Crippen molar-refractivity contribution < 1.29 is 23.6 Å². The van der Waals surface area contributed by atoms with Gasteiger partial charge in [-0.3, -0.25) is 0 Å². The minimum atomic E-state index is -0.268. The number of hydrogen-bond acceptors (Lipinski definition) is 5. The Morgan fingerprint density at radius 1 is 1.11 bits per heavy atom. The summed E-state index contributed by atoms with van der Waals surface area (Å²) in [4.78, 5) is 0. The Bertz CT molecular complexity index is 781. The van der Waals surface area contributed by atoms with Gasteiger partial charge in [0.05, 0.1) is 27.4 Å². The molecule has 0 aliphatic carbocycles. The van der Waals surface area contributed by atoms with E-state index in [0.717, 1.165) is 16.9 Å². The largest absolute Gasteiger partial charge is 0.633 e. The molecule has 6 heteroatoms. The molecule has 2 unspecified atom stereocenters. The molecule has 152 valence electrons. The molecule has 28 heavy (non-hydrogen) atoms. The quantitative estimate of drug-likeness (QED) is 0.514. The van der Waals surface area contributed by atoms with Gasteiger partial charge < -0.3 is 28.8 Å². The predicted molar refractivity (Wildman–Crippen MR) is 108 cm³/mol. The minimum Gasteiger partial charge on any atom is -0.633 e. The molecule has 1 fully saturated rings. The van der Waals surface area contributed by atoms with E-state index in [1.165, 1.54) is 0 Å². The summed E-state index contributed by atoms with van der Waals surface area (Å²) < 4.78 is 22.0. The molecule has 0 amide bonds. The van der Waals surface area contributed by atoms with Crippen molar-refractivity contribution in [2.45, 2.75) is 19.4 Å². The number of hydroxylamine groups is 3. The number of hydrogen-bond donors (Lipinski definition) is 0. The van der Waals surface area contributed by atoms with Gasteiger partial charge in [0, 0.05) is 6.42 Å². The van der Waals surface area contributed by atoms with Crippen molar-refractivity contribution in [2.75, 3.05) is 47.1 Å². The van der Waals surface area contributed by atoms with Gasteiger partial charge in [0.1, 0.15) is 31.5 Å². The lowest BCUT2D eigenvalue weighted by atomic mass is 10.1. The zero-order chi connectivity index (χ0) is 20.0. The van der Waals surface area contributed by atoms with Crippen molar-refractivity contribution in [3.63, 3.8) is 0 Å². The number of rotatable bonds is 8. The Morgan fingerprint density at radius 2 is 1.93 bits per heavy atom. The van der Waals surface area contributed by atoms with Crippen molar-refractivity contribution in [2.24, 2.45) is 0 Å². The molecule has 0 radical (unpaired) electrons. The Morgan fingerprint density at radius 3 is 2.68 bits per heavy atom. The molecular weight excluding hydrogens is 358 g/mol. The van der Waals surface area contributed by atoms with E-state index in [1.807, 2.05) is 49.4 Å². The summed E-state index contributed by atoms with van der Waals surface area (Å²) in [5, 5.41) is 13.2. The van der Waals surface area contributed by atoms with Crippen LogP contribution in [0.2, 0.25) is 0 Å². The smallest absolute Gasteiger partial charge is 0.160 e. The Hall–Kier alpha value is -2.28. The fourth-order valence-electron chi connectivity index (χ4n) is 3.47. The van der Waals surface area contributed by atoms with Crippen LogP contribution in [-0.2, 0) is 11.2 Å². The molecule has 3 rings (SSSR count). The third-order valence-corrected chi connectivity index (χ3v) is 5.07. The number of aryl methyl sites for hydroxylation is 1. The third-order valence-electron chi connectivity index (χ3n) is 5.07. The predicted octanol–water partition coefficient (Wildman–Crippen LogP) is 3.35. The number of morpholine rings is 1. The van der Waals surface area contributed by atoms with Gasteiger partial charge in [0.2, 0.25) is 0 Å². The molecule has 2 atom stereocenters. The molecule has 0 spiro atoms. The third kappa shape index (κ3) is 5.38. The van der Waals surface area contributed by atoms with Crippen LogP contribution in [0.4, 0.5) is 0 Å². The number of nitrogens with zero attached hydrogens (tertiary/aromatic N) is 1. The molecule has 0 saturated carbocycles. The first-order valence-electron chi connectivity index (χ1n) is 9.60. The lowest BCUT2D eigenvalue weighted by Crippen LogP contribution is -2.56. The van der Waals surface area contributed by atoms with Crippen LogP contribution in [0.1, 0.15) is 11.1 Å². The normalized spacial score (nSPS) is 21.9. The van der Waals surface area contributed by atoms with E-state index in [1.54, 1.807) is 14.2 Å². The molecule has 2 aromatic carbocycles. The summed E-state index contributed by atoms with van der Waals surface area (Å²) in [6.07, 6.45) is 0.479. The molecule has 1 aliphatic heterocycles. The summed E-state index contributed by atoms with van der Waals surface area (Å²) in [7, 11) is 3.23. The van der Waals surface area contributed by atoms with Crippen molar-refractivity contribution >= 4 is 0 Å². The molecule has 2 aromatic rings. The van der Waals surface area contributed by atoms with E-state index in [0.29, 0.717) is 50.8 Å². The number of quaternary nitrogens is 1. The van der Waals surface area contributed by atoms with Gasteiger partial charge in [0.15, 0.2) is 11.5 Å². The van der Waals surface area contributed by atoms with Crippen molar-refractivity contribution in [3.05, 3.63) is 58.8 Å². The summed E-state index contributed by atoms with van der Waals surface area (Å²) in [5.41, 5.74) is 2.20. The van der Waals surface area contributed by atoms with Crippen LogP contribution in [0.5, 0.6) is 17.2 Å². The molecule has 0 bridgehead atoms. The highest BCUT2D eigenvalue weighted by atomic mass is 16.6. The van der Waals surface area contributed by atoms with E-state index in [9.17, 15) is 5.21 Å². The van der Waals surface area contributed by atoms with E-state index in [2.05, 4.69) is 0 Å². The maximum atomic E-state index is 13.2. The fourth-order valence-corrected chi connectivity index (χ4v) is 3.47. The van der Waals surface area contributed by atoms with Gasteiger partial charge in [-0.25, -0.2) is 0 Å². The second-order valence-corrected chi connectivity index (χ2v) is 7.25. The van der Waals surface area contributed by atoms with Crippen LogP contribution in [0.15, 0.2) is 42.5 Å². The topological polar surface area (TPSA) is 60.0 Å². The van der Waals surface area contributed by atoms with Gasteiger partial charge in [-0.2, -0.15) is 0 Å². The van der Waals surface area contributed by atoms with Gasteiger partial charge >= 0.3 is 0 Å². The van der Waals surface area contributed by atoms with E-state index in [-0.39, 0.29) is 10.8 Å². The van der Waals surface area contributed by atoms with E-state index < -0.39 is 0 Å². The average Bonchev–Trinajstić information content (AvgIpc) is 2.71. The summed E-state index contributed by atoms with van der Waals surface area (Å²) in [6.45, 7) is 4.24.